The molecule has 4 nitrogen and oxygen atoms in total. The molecule has 0 unspecified atom stereocenters. The van der Waals surface area contributed by atoms with Crippen molar-refractivity contribution in [1.29, 1.82) is 0 Å². The van der Waals surface area contributed by atoms with Crippen LogP contribution in [0.15, 0.2) is 6.20 Å². The van der Waals surface area contributed by atoms with Gasteiger partial charge in [-0.25, -0.2) is 4.68 Å². The lowest BCUT2D eigenvalue weighted by Gasteiger charge is -2.03. The molecule has 0 aliphatic carbocycles. The van der Waals surface area contributed by atoms with E-state index in [4.69, 9.17) is 4.74 Å². The lowest BCUT2D eigenvalue weighted by atomic mass is 10.2. The number of Topliss-reactive ketones (excluding diaryl/α,β-unsaturated/α-hetero) is 1. The fraction of sp³-hybridized carbons (Fsp3) is 0.600. The molecule has 0 saturated heterocycles. The average Bonchev–Trinajstić information content (AvgIpc) is 2.52. The van der Waals surface area contributed by atoms with Crippen LogP contribution in [0.25, 0.3) is 0 Å². The van der Waals surface area contributed by atoms with Crippen LogP contribution in [-0.4, -0.2) is 22.2 Å². The lowest BCUT2D eigenvalue weighted by molar-refractivity contribution is 0.101. The molecule has 0 fully saturated rings. The van der Waals surface area contributed by atoms with Gasteiger partial charge in [0, 0.05) is 7.05 Å². The molecule has 0 amide bonds. The number of ketones is 1. The first-order chi connectivity index (χ1) is 6.66. The number of ether oxygens (including phenoxy) is 1. The Labute approximate surface area is 84.9 Å². The monoisotopic (exact) mass is 198 g/mol. The Bertz CT molecular complexity index is 292. The zero-order valence-corrected chi connectivity index (χ0v) is 9.50. The molecule has 0 aliphatic rings. The van der Waals surface area contributed by atoms with Gasteiger partial charge in [-0.1, -0.05) is 13.8 Å². The predicted molar refractivity (Wildman–Crippen MR) is 55.7 cm³/mol. The molecule has 0 aromatic carbocycles. The Morgan fingerprint density at radius 3 is 2.57 bits per heavy atom. The van der Waals surface area contributed by atoms with Crippen molar-refractivity contribution >= 4 is 5.78 Å². The molecule has 0 radical (unpaired) electrons. The third-order valence-corrected chi connectivity index (χ3v) is 1.54. The van der Waals surface area contributed by atoms with Crippen molar-refractivity contribution in [3.8, 4) is 5.88 Å². The van der Waals surface area contributed by atoms with Crippen molar-refractivity contribution < 1.29 is 9.53 Å². The highest BCUT2D eigenvalue weighted by atomic mass is 16.5. The summed E-state index contributed by atoms with van der Waals surface area (Å²) in [6.45, 7) is 7.91. The molecule has 1 rings (SSSR count). The van der Waals surface area contributed by atoms with E-state index in [0.717, 1.165) is 0 Å². The fourth-order valence-electron chi connectivity index (χ4n) is 0.976. The number of nitrogens with zero attached hydrogens (tertiary/aromatic N) is 2. The first kappa shape index (κ1) is 12.7. The van der Waals surface area contributed by atoms with Crippen molar-refractivity contribution in [2.45, 2.75) is 27.7 Å². The molecule has 0 aliphatic heterocycles. The molecule has 0 N–H and O–H groups in total. The number of rotatable bonds is 3. The zero-order valence-electron chi connectivity index (χ0n) is 9.50. The van der Waals surface area contributed by atoms with Gasteiger partial charge in [-0.15, -0.1) is 0 Å². The van der Waals surface area contributed by atoms with E-state index < -0.39 is 0 Å². The molecule has 0 spiro atoms. The topological polar surface area (TPSA) is 44.1 Å². The van der Waals surface area contributed by atoms with Gasteiger partial charge in [-0.05, 0) is 13.8 Å². The van der Waals surface area contributed by atoms with E-state index in [2.05, 4.69) is 5.10 Å². The van der Waals surface area contributed by atoms with Gasteiger partial charge < -0.3 is 4.74 Å². The molecular weight excluding hydrogens is 180 g/mol. The van der Waals surface area contributed by atoms with Crippen LogP contribution in [0.3, 0.4) is 0 Å². The maximum atomic E-state index is 11.0. The first-order valence-electron chi connectivity index (χ1n) is 4.82. The summed E-state index contributed by atoms with van der Waals surface area (Å²) in [5, 5.41) is 3.93. The summed E-state index contributed by atoms with van der Waals surface area (Å²) in [5.41, 5.74) is 0.541. The SMILES string of the molecule is CC.CCOc1c(C(C)=O)cnn1C. The summed E-state index contributed by atoms with van der Waals surface area (Å²) in [6.07, 6.45) is 1.52. The highest BCUT2D eigenvalue weighted by Gasteiger charge is 2.12. The average molecular weight is 198 g/mol. The Morgan fingerprint density at radius 2 is 2.14 bits per heavy atom. The van der Waals surface area contributed by atoms with Gasteiger partial charge in [-0.3, -0.25) is 4.79 Å². The van der Waals surface area contributed by atoms with E-state index in [0.29, 0.717) is 18.1 Å². The van der Waals surface area contributed by atoms with Crippen LogP contribution in [0, 0.1) is 0 Å². The fourth-order valence-corrected chi connectivity index (χ4v) is 0.976. The Morgan fingerprint density at radius 1 is 1.57 bits per heavy atom. The third kappa shape index (κ3) is 2.87. The summed E-state index contributed by atoms with van der Waals surface area (Å²) in [6, 6.07) is 0. The second kappa shape index (κ2) is 6.18. The summed E-state index contributed by atoms with van der Waals surface area (Å²) in [4.78, 5) is 11.0. The molecular formula is C10H18N2O2. The van der Waals surface area contributed by atoms with Gasteiger partial charge in [0.15, 0.2) is 5.78 Å². The smallest absolute Gasteiger partial charge is 0.222 e. The van der Waals surface area contributed by atoms with Crippen LogP contribution < -0.4 is 4.74 Å². The van der Waals surface area contributed by atoms with Crippen LogP contribution in [0.4, 0.5) is 0 Å². The van der Waals surface area contributed by atoms with Gasteiger partial charge in [0.05, 0.1) is 18.4 Å². The van der Waals surface area contributed by atoms with Crippen molar-refractivity contribution in [3.63, 3.8) is 0 Å². The van der Waals surface area contributed by atoms with Gasteiger partial charge in [0.25, 0.3) is 0 Å². The van der Waals surface area contributed by atoms with Crippen molar-refractivity contribution in [2.24, 2.45) is 7.05 Å². The summed E-state index contributed by atoms with van der Waals surface area (Å²) in [7, 11) is 1.75. The van der Waals surface area contributed by atoms with E-state index in [1.54, 1.807) is 11.7 Å². The number of hydrogen-bond acceptors (Lipinski definition) is 3. The molecule has 1 aromatic heterocycles. The zero-order chi connectivity index (χ0) is 11.1. The molecule has 1 heterocycles. The predicted octanol–water partition coefficient (Wildman–Crippen LogP) is 2.05. The number of aryl methyl sites for hydroxylation is 1. The second-order valence-electron chi connectivity index (χ2n) is 2.48. The Kier molecular flexibility index (Phi) is 5.60. The molecule has 4 heteroatoms. The molecule has 1 aromatic rings. The van der Waals surface area contributed by atoms with E-state index in [1.807, 2.05) is 20.8 Å². The molecule has 80 valence electrons. The Balaban J connectivity index is 0.000000791. The van der Waals surface area contributed by atoms with Crippen molar-refractivity contribution in [2.75, 3.05) is 6.61 Å². The van der Waals surface area contributed by atoms with Crippen molar-refractivity contribution in [1.82, 2.24) is 9.78 Å². The largest absolute Gasteiger partial charge is 0.478 e. The molecule has 0 atom stereocenters. The highest BCUT2D eigenvalue weighted by Crippen LogP contribution is 2.16. The second-order valence-corrected chi connectivity index (χ2v) is 2.48. The van der Waals surface area contributed by atoms with Crippen LogP contribution >= 0.6 is 0 Å². The standard InChI is InChI=1S/C8H12N2O2.C2H6/c1-4-12-8-7(6(2)11)5-9-10(8)3;1-2/h5H,4H2,1-3H3;1-2H3. The minimum absolute atomic E-state index is 0.0217. The number of hydrogen-bond donors (Lipinski definition) is 0. The van der Waals surface area contributed by atoms with Crippen molar-refractivity contribution in [3.05, 3.63) is 11.8 Å². The van der Waals surface area contributed by atoms with E-state index >= 15 is 0 Å². The quantitative estimate of drug-likeness (QED) is 0.698. The number of carbonyl (C=O) groups is 1. The van der Waals surface area contributed by atoms with Crippen LogP contribution in [-0.2, 0) is 7.05 Å². The summed E-state index contributed by atoms with van der Waals surface area (Å²) >= 11 is 0. The maximum Gasteiger partial charge on any atom is 0.222 e. The first-order valence-corrected chi connectivity index (χ1v) is 4.82. The molecule has 14 heavy (non-hydrogen) atoms. The van der Waals surface area contributed by atoms with Gasteiger partial charge in [-0.2, -0.15) is 5.10 Å². The third-order valence-electron chi connectivity index (χ3n) is 1.54. The molecule has 0 saturated carbocycles. The Hall–Kier alpha value is -1.32. The van der Waals surface area contributed by atoms with Crippen LogP contribution in [0.2, 0.25) is 0 Å². The van der Waals surface area contributed by atoms with Crippen LogP contribution in [0.1, 0.15) is 38.1 Å². The van der Waals surface area contributed by atoms with E-state index in [9.17, 15) is 4.79 Å². The van der Waals surface area contributed by atoms with Gasteiger partial charge in [0.2, 0.25) is 5.88 Å². The normalized spacial score (nSPS) is 8.93. The van der Waals surface area contributed by atoms with Crippen LogP contribution in [0.5, 0.6) is 5.88 Å². The highest BCUT2D eigenvalue weighted by molar-refractivity contribution is 5.96. The lowest BCUT2D eigenvalue weighted by Crippen LogP contribution is -2.03. The van der Waals surface area contributed by atoms with E-state index in [-0.39, 0.29) is 5.78 Å². The van der Waals surface area contributed by atoms with Gasteiger partial charge >= 0.3 is 0 Å². The summed E-state index contributed by atoms with van der Waals surface area (Å²) in [5.74, 6) is 0.525. The minimum atomic E-state index is -0.0217. The summed E-state index contributed by atoms with van der Waals surface area (Å²) < 4.78 is 6.80. The minimum Gasteiger partial charge on any atom is -0.478 e. The van der Waals surface area contributed by atoms with E-state index in [1.165, 1.54) is 13.1 Å². The van der Waals surface area contributed by atoms with Gasteiger partial charge in [0.1, 0.15) is 0 Å². The maximum absolute atomic E-state index is 11.0. The number of aromatic nitrogens is 2. The number of carbonyl (C=O) groups excluding carboxylic acids is 1. The molecule has 0 bridgehead atoms.